The van der Waals surface area contributed by atoms with Gasteiger partial charge in [0, 0.05) is 19.6 Å². The van der Waals surface area contributed by atoms with Gasteiger partial charge in [0.25, 0.3) is 0 Å². The Kier molecular flexibility index (Phi) is 6.18. The first-order chi connectivity index (χ1) is 8.74. The van der Waals surface area contributed by atoms with Crippen LogP contribution in [0.5, 0.6) is 6.01 Å². The van der Waals surface area contributed by atoms with Gasteiger partial charge in [-0.05, 0) is 27.2 Å². The van der Waals surface area contributed by atoms with Crippen LogP contribution < -0.4 is 15.0 Å². The van der Waals surface area contributed by atoms with Crippen molar-refractivity contribution < 1.29 is 4.74 Å². The van der Waals surface area contributed by atoms with Crippen LogP contribution in [0.1, 0.15) is 34.1 Å². The zero-order valence-electron chi connectivity index (χ0n) is 11.7. The quantitative estimate of drug-likeness (QED) is 0.764. The first-order valence-corrected chi connectivity index (χ1v) is 6.62. The minimum Gasteiger partial charge on any atom is -0.464 e. The fourth-order valence-electron chi connectivity index (χ4n) is 1.50. The maximum absolute atomic E-state index is 5.38. The molecule has 1 aromatic rings. The minimum absolute atomic E-state index is 0.382. The van der Waals surface area contributed by atoms with Crippen LogP contribution in [0.25, 0.3) is 0 Å². The normalized spacial score (nSPS) is 10.2. The van der Waals surface area contributed by atoms with Crippen molar-refractivity contribution in [1.29, 1.82) is 0 Å². The van der Waals surface area contributed by atoms with Gasteiger partial charge in [0.2, 0.25) is 11.9 Å². The molecule has 1 heterocycles. The molecule has 0 saturated heterocycles. The molecule has 6 heteroatoms. The van der Waals surface area contributed by atoms with Crippen LogP contribution in [0.3, 0.4) is 0 Å². The molecule has 0 bridgehead atoms. The van der Waals surface area contributed by atoms with Crippen molar-refractivity contribution in [2.75, 3.05) is 36.5 Å². The van der Waals surface area contributed by atoms with Crippen molar-refractivity contribution in [2.24, 2.45) is 0 Å². The zero-order chi connectivity index (χ0) is 13.4. The highest BCUT2D eigenvalue weighted by Crippen LogP contribution is 2.14. The Morgan fingerprint density at radius 3 is 2.33 bits per heavy atom. The topological polar surface area (TPSA) is 63.2 Å². The van der Waals surface area contributed by atoms with Crippen molar-refractivity contribution >= 4 is 11.9 Å². The molecule has 1 N–H and O–H groups in total. The van der Waals surface area contributed by atoms with Crippen LogP contribution in [0.2, 0.25) is 0 Å². The summed E-state index contributed by atoms with van der Waals surface area (Å²) in [7, 11) is 0. The molecule has 1 rings (SSSR count). The molecule has 0 unspecified atom stereocenters. The fraction of sp³-hybridized carbons (Fsp3) is 0.750. The van der Waals surface area contributed by atoms with Gasteiger partial charge in [-0.25, -0.2) is 0 Å². The molecule has 0 aromatic carbocycles. The monoisotopic (exact) mass is 253 g/mol. The van der Waals surface area contributed by atoms with Gasteiger partial charge >= 0.3 is 6.01 Å². The van der Waals surface area contributed by atoms with Crippen LogP contribution in [0, 0.1) is 0 Å². The predicted molar refractivity (Wildman–Crippen MR) is 73.3 cm³/mol. The van der Waals surface area contributed by atoms with E-state index in [2.05, 4.69) is 45.9 Å². The second-order valence-electron chi connectivity index (χ2n) is 3.77. The Morgan fingerprint density at radius 2 is 1.78 bits per heavy atom. The average Bonchev–Trinajstić information content (AvgIpc) is 2.38. The summed E-state index contributed by atoms with van der Waals surface area (Å²) >= 11 is 0. The molecule has 0 saturated carbocycles. The molecular formula is C12H23N5O. The smallest absolute Gasteiger partial charge is 0.323 e. The molecule has 0 aliphatic heterocycles. The van der Waals surface area contributed by atoms with E-state index in [4.69, 9.17) is 4.74 Å². The number of rotatable bonds is 8. The van der Waals surface area contributed by atoms with Crippen LogP contribution in [-0.2, 0) is 0 Å². The lowest BCUT2D eigenvalue weighted by atomic mass is 10.5. The van der Waals surface area contributed by atoms with Gasteiger partial charge < -0.3 is 15.0 Å². The van der Waals surface area contributed by atoms with E-state index in [1.807, 2.05) is 6.92 Å². The third-order valence-corrected chi connectivity index (χ3v) is 2.46. The Hall–Kier alpha value is -1.59. The molecule has 102 valence electrons. The van der Waals surface area contributed by atoms with Crippen molar-refractivity contribution in [3.8, 4) is 6.01 Å². The van der Waals surface area contributed by atoms with Crippen LogP contribution >= 0.6 is 0 Å². The van der Waals surface area contributed by atoms with Gasteiger partial charge in [-0.3, -0.25) is 0 Å². The number of nitrogens with zero attached hydrogens (tertiary/aromatic N) is 4. The van der Waals surface area contributed by atoms with Crippen LogP contribution in [0.4, 0.5) is 11.9 Å². The summed E-state index contributed by atoms with van der Waals surface area (Å²) in [6.07, 6.45) is 1.02. The van der Waals surface area contributed by atoms with E-state index in [0.29, 0.717) is 24.5 Å². The molecule has 0 atom stereocenters. The molecule has 0 radical (unpaired) electrons. The molecule has 0 aliphatic carbocycles. The second-order valence-corrected chi connectivity index (χ2v) is 3.77. The highest BCUT2D eigenvalue weighted by molar-refractivity contribution is 5.38. The van der Waals surface area contributed by atoms with E-state index >= 15 is 0 Å². The Morgan fingerprint density at radius 1 is 1.06 bits per heavy atom. The van der Waals surface area contributed by atoms with Gasteiger partial charge in [0.1, 0.15) is 0 Å². The van der Waals surface area contributed by atoms with Gasteiger partial charge in [0.15, 0.2) is 0 Å². The van der Waals surface area contributed by atoms with Crippen molar-refractivity contribution in [1.82, 2.24) is 15.0 Å². The molecule has 0 amide bonds. The molecule has 0 spiro atoms. The SMILES string of the molecule is CCCNc1nc(OCC)nc(N(CC)CC)n1. The Bertz CT molecular complexity index is 354. The van der Waals surface area contributed by atoms with E-state index in [0.717, 1.165) is 26.1 Å². The molecular weight excluding hydrogens is 230 g/mol. The molecule has 18 heavy (non-hydrogen) atoms. The van der Waals surface area contributed by atoms with E-state index in [1.165, 1.54) is 0 Å². The minimum atomic E-state index is 0.382. The first kappa shape index (κ1) is 14.5. The van der Waals surface area contributed by atoms with Crippen molar-refractivity contribution in [3.63, 3.8) is 0 Å². The lowest BCUT2D eigenvalue weighted by Crippen LogP contribution is -2.25. The van der Waals surface area contributed by atoms with Crippen molar-refractivity contribution in [3.05, 3.63) is 0 Å². The lowest BCUT2D eigenvalue weighted by molar-refractivity contribution is 0.312. The predicted octanol–water partition coefficient (Wildman–Crippen LogP) is 1.94. The lowest BCUT2D eigenvalue weighted by Gasteiger charge is -2.19. The summed E-state index contributed by atoms with van der Waals surface area (Å²) < 4.78 is 5.38. The largest absolute Gasteiger partial charge is 0.464 e. The third kappa shape index (κ3) is 4.01. The Labute approximate surface area is 109 Å². The number of nitrogens with one attached hydrogen (secondary N) is 1. The zero-order valence-corrected chi connectivity index (χ0v) is 11.7. The van der Waals surface area contributed by atoms with Gasteiger partial charge in [0.05, 0.1) is 6.61 Å². The first-order valence-electron chi connectivity index (χ1n) is 6.62. The van der Waals surface area contributed by atoms with Crippen molar-refractivity contribution in [2.45, 2.75) is 34.1 Å². The summed E-state index contributed by atoms with van der Waals surface area (Å²) in [5.74, 6) is 1.24. The number of aromatic nitrogens is 3. The summed E-state index contributed by atoms with van der Waals surface area (Å²) in [4.78, 5) is 15.0. The number of hydrogen-bond donors (Lipinski definition) is 1. The fourth-order valence-corrected chi connectivity index (χ4v) is 1.50. The summed E-state index contributed by atoms with van der Waals surface area (Å²) in [5, 5.41) is 3.17. The summed E-state index contributed by atoms with van der Waals surface area (Å²) in [5.41, 5.74) is 0. The number of hydrogen-bond acceptors (Lipinski definition) is 6. The number of anilines is 2. The standard InChI is InChI=1S/C12H23N5O/c1-5-9-13-10-14-11(17(6-2)7-3)16-12(15-10)18-8-4/h5-9H2,1-4H3,(H,13,14,15,16). The van der Waals surface area contributed by atoms with Gasteiger partial charge in [-0.1, -0.05) is 6.92 Å². The van der Waals surface area contributed by atoms with E-state index in [1.54, 1.807) is 0 Å². The number of ether oxygens (including phenoxy) is 1. The van der Waals surface area contributed by atoms with Crippen LogP contribution in [0.15, 0.2) is 0 Å². The molecule has 0 fully saturated rings. The summed E-state index contributed by atoms with van der Waals surface area (Å²) in [6.45, 7) is 11.3. The highest BCUT2D eigenvalue weighted by atomic mass is 16.5. The van der Waals surface area contributed by atoms with Gasteiger partial charge in [-0.15, -0.1) is 0 Å². The molecule has 0 aliphatic rings. The maximum Gasteiger partial charge on any atom is 0.323 e. The van der Waals surface area contributed by atoms with Gasteiger partial charge in [-0.2, -0.15) is 15.0 Å². The van der Waals surface area contributed by atoms with E-state index in [-0.39, 0.29) is 0 Å². The van der Waals surface area contributed by atoms with E-state index < -0.39 is 0 Å². The maximum atomic E-state index is 5.38. The highest BCUT2D eigenvalue weighted by Gasteiger charge is 2.11. The van der Waals surface area contributed by atoms with E-state index in [9.17, 15) is 0 Å². The second kappa shape index (κ2) is 7.68. The molecule has 1 aromatic heterocycles. The Balaban J connectivity index is 2.96. The van der Waals surface area contributed by atoms with Crippen LogP contribution in [-0.4, -0.2) is 41.2 Å². The summed E-state index contributed by atoms with van der Waals surface area (Å²) in [6, 6.07) is 0.382. The third-order valence-electron chi connectivity index (χ3n) is 2.46. The molecule has 6 nitrogen and oxygen atoms in total. The average molecular weight is 253 g/mol.